The molecule has 0 radical (unpaired) electrons. The lowest BCUT2D eigenvalue weighted by Crippen LogP contribution is -1.98. The third-order valence-electron chi connectivity index (χ3n) is 5.35. The fraction of sp³-hybridized carbons (Fsp3) is 0.143. The van der Waals surface area contributed by atoms with E-state index in [4.69, 9.17) is 5.73 Å². The summed E-state index contributed by atoms with van der Waals surface area (Å²) < 4.78 is 3.96. The smallest absolute Gasteiger partial charge is 0.163 e. The van der Waals surface area contributed by atoms with Crippen LogP contribution in [-0.2, 0) is 0 Å². The van der Waals surface area contributed by atoms with Crippen LogP contribution in [0.15, 0.2) is 85.5 Å². The lowest BCUT2D eigenvalue weighted by atomic mass is 10.1. The molecule has 0 aliphatic rings. The van der Waals surface area contributed by atoms with E-state index in [0.29, 0.717) is 5.82 Å². The van der Waals surface area contributed by atoms with E-state index in [-0.39, 0.29) is 7.43 Å². The van der Waals surface area contributed by atoms with Gasteiger partial charge in [-0.3, -0.25) is 0 Å². The minimum absolute atomic E-state index is 0. The topological polar surface area (TPSA) is 86.4 Å². The Morgan fingerprint density at radius 2 is 0.943 bits per heavy atom. The fourth-order valence-electron chi connectivity index (χ4n) is 3.97. The molecule has 0 amide bonds. The predicted molar refractivity (Wildman–Crippen MR) is 142 cm³/mol. The van der Waals surface area contributed by atoms with Gasteiger partial charge in [0, 0.05) is 29.7 Å². The molecule has 0 saturated carbocycles. The summed E-state index contributed by atoms with van der Waals surface area (Å²) >= 11 is 0. The number of aryl methyl sites for hydroxylation is 3. The maximum absolute atomic E-state index is 5.81. The van der Waals surface area contributed by atoms with Crippen molar-refractivity contribution >= 4 is 17.1 Å². The molecule has 176 valence electrons. The number of nitrogens with two attached hydrogens (primary N) is 1. The molecule has 2 aromatic carbocycles. The highest BCUT2D eigenvalue weighted by atomic mass is 15.1. The molecule has 4 aromatic heterocycles. The number of hydrogen-bond donors (Lipinski definition) is 1. The molecule has 0 atom stereocenters. The van der Waals surface area contributed by atoms with Crippen LogP contribution in [0.5, 0.6) is 0 Å². The SMILES string of the molecule is C.Cc1cn2cc(C)nc2c(-c2ccccc2)n1.Cc1cn2cc(N)nc(-c3ccccc3)c2n1. The van der Waals surface area contributed by atoms with Gasteiger partial charge in [0.05, 0.1) is 23.3 Å². The van der Waals surface area contributed by atoms with Crippen LogP contribution in [0, 0.1) is 20.8 Å². The molecule has 4 heterocycles. The number of fused-ring (bicyclic) bond motifs is 2. The van der Waals surface area contributed by atoms with Crippen LogP contribution >= 0.6 is 0 Å². The Bertz CT molecular complexity index is 1460. The summed E-state index contributed by atoms with van der Waals surface area (Å²) in [5.74, 6) is 0.494. The summed E-state index contributed by atoms with van der Waals surface area (Å²) in [5.41, 5.74) is 14.4. The second kappa shape index (κ2) is 9.77. The van der Waals surface area contributed by atoms with Gasteiger partial charge in [0.25, 0.3) is 0 Å². The van der Waals surface area contributed by atoms with E-state index in [1.807, 2.05) is 96.7 Å². The molecule has 6 aromatic rings. The number of nitrogen functional groups attached to an aromatic ring is 1. The zero-order chi connectivity index (χ0) is 23.7. The van der Waals surface area contributed by atoms with E-state index >= 15 is 0 Å². The van der Waals surface area contributed by atoms with Crippen LogP contribution in [0.3, 0.4) is 0 Å². The average Bonchev–Trinajstić information content (AvgIpc) is 3.40. The van der Waals surface area contributed by atoms with Crippen molar-refractivity contribution in [2.45, 2.75) is 28.2 Å². The van der Waals surface area contributed by atoms with Crippen molar-refractivity contribution in [3.05, 3.63) is 103 Å². The third kappa shape index (κ3) is 4.89. The van der Waals surface area contributed by atoms with Gasteiger partial charge in [-0.05, 0) is 20.8 Å². The maximum atomic E-state index is 5.81. The zero-order valence-corrected chi connectivity index (χ0v) is 19.3. The molecule has 0 saturated heterocycles. The Kier molecular flexibility index (Phi) is 6.59. The van der Waals surface area contributed by atoms with Crippen LogP contribution < -0.4 is 5.73 Å². The van der Waals surface area contributed by atoms with E-state index in [1.54, 1.807) is 6.20 Å². The lowest BCUT2D eigenvalue weighted by molar-refractivity contribution is 1.07. The molecule has 7 heteroatoms. The molecule has 6 rings (SSSR count). The van der Waals surface area contributed by atoms with Crippen molar-refractivity contribution in [3.63, 3.8) is 0 Å². The van der Waals surface area contributed by atoms with Gasteiger partial charge < -0.3 is 14.5 Å². The lowest BCUT2D eigenvalue weighted by Gasteiger charge is -2.04. The van der Waals surface area contributed by atoms with Crippen molar-refractivity contribution in [2.75, 3.05) is 5.73 Å². The molecule has 7 nitrogen and oxygen atoms in total. The van der Waals surface area contributed by atoms with Gasteiger partial charge in [-0.1, -0.05) is 68.1 Å². The van der Waals surface area contributed by atoms with Crippen LogP contribution in [0.1, 0.15) is 24.5 Å². The first-order chi connectivity index (χ1) is 16.5. The van der Waals surface area contributed by atoms with Gasteiger partial charge in [-0.25, -0.2) is 19.9 Å². The van der Waals surface area contributed by atoms with E-state index in [1.165, 1.54) is 0 Å². The first-order valence-corrected chi connectivity index (χ1v) is 11.0. The Morgan fingerprint density at radius 3 is 1.43 bits per heavy atom. The Balaban J connectivity index is 0.000000160. The molecule has 0 spiro atoms. The van der Waals surface area contributed by atoms with Crippen molar-refractivity contribution in [3.8, 4) is 22.5 Å². The van der Waals surface area contributed by atoms with E-state index in [2.05, 4.69) is 32.1 Å². The van der Waals surface area contributed by atoms with E-state index in [0.717, 1.165) is 50.9 Å². The molecule has 0 bridgehead atoms. The first-order valence-electron chi connectivity index (χ1n) is 11.0. The quantitative estimate of drug-likeness (QED) is 0.344. The number of imidazole rings is 2. The largest absolute Gasteiger partial charge is 0.382 e. The summed E-state index contributed by atoms with van der Waals surface area (Å²) in [5, 5.41) is 0. The minimum atomic E-state index is 0. The molecule has 0 unspecified atom stereocenters. The van der Waals surface area contributed by atoms with E-state index < -0.39 is 0 Å². The number of rotatable bonds is 2. The summed E-state index contributed by atoms with van der Waals surface area (Å²) in [6.07, 6.45) is 7.75. The van der Waals surface area contributed by atoms with Crippen molar-refractivity contribution < 1.29 is 0 Å². The molecule has 35 heavy (non-hydrogen) atoms. The molecular formula is C28H29N7. The van der Waals surface area contributed by atoms with Gasteiger partial charge in [0.15, 0.2) is 11.3 Å². The van der Waals surface area contributed by atoms with Crippen LogP contribution in [-0.4, -0.2) is 28.7 Å². The van der Waals surface area contributed by atoms with E-state index in [9.17, 15) is 0 Å². The summed E-state index contributed by atoms with van der Waals surface area (Å²) in [4.78, 5) is 18.0. The Labute approximate surface area is 205 Å². The van der Waals surface area contributed by atoms with Crippen LogP contribution in [0.4, 0.5) is 5.82 Å². The summed E-state index contributed by atoms with van der Waals surface area (Å²) in [6, 6.07) is 20.1. The number of hydrogen-bond acceptors (Lipinski definition) is 5. The summed E-state index contributed by atoms with van der Waals surface area (Å²) in [6.45, 7) is 5.95. The second-order valence-electron chi connectivity index (χ2n) is 8.20. The summed E-state index contributed by atoms with van der Waals surface area (Å²) in [7, 11) is 0. The van der Waals surface area contributed by atoms with Gasteiger partial charge in [0.1, 0.15) is 17.2 Å². The van der Waals surface area contributed by atoms with Crippen LogP contribution in [0.2, 0.25) is 0 Å². The maximum Gasteiger partial charge on any atom is 0.163 e. The first kappa shape index (κ1) is 23.6. The number of nitrogens with zero attached hydrogens (tertiary/aromatic N) is 6. The van der Waals surface area contributed by atoms with Crippen LogP contribution in [0.25, 0.3) is 33.8 Å². The predicted octanol–water partition coefficient (Wildman–Crippen LogP) is 5.94. The van der Waals surface area contributed by atoms with Crippen molar-refractivity contribution in [1.29, 1.82) is 0 Å². The van der Waals surface area contributed by atoms with Gasteiger partial charge in [0.2, 0.25) is 0 Å². The third-order valence-corrected chi connectivity index (χ3v) is 5.35. The zero-order valence-electron chi connectivity index (χ0n) is 19.3. The monoisotopic (exact) mass is 463 g/mol. The number of aromatic nitrogens is 6. The second-order valence-corrected chi connectivity index (χ2v) is 8.20. The van der Waals surface area contributed by atoms with Gasteiger partial charge >= 0.3 is 0 Å². The highest BCUT2D eigenvalue weighted by Crippen LogP contribution is 2.23. The minimum Gasteiger partial charge on any atom is -0.382 e. The molecule has 0 aliphatic heterocycles. The highest BCUT2D eigenvalue weighted by Gasteiger charge is 2.10. The normalized spacial score (nSPS) is 10.6. The van der Waals surface area contributed by atoms with Gasteiger partial charge in [-0.2, -0.15) is 0 Å². The fourth-order valence-corrected chi connectivity index (χ4v) is 3.97. The molecule has 0 aliphatic carbocycles. The van der Waals surface area contributed by atoms with Crippen molar-refractivity contribution in [2.24, 2.45) is 0 Å². The number of anilines is 1. The Hall–Kier alpha value is -4.52. The molecule has 0 fully saturated rings. The van der Waals surface area contributed by atoms with Gasteiger partial charge in [-0.15, -0.1) is 0 Å². The standard InChI is InChI=1S/C14H13N3.C13H12N4.CH4/c1-10-8-17-9-11(2)16-14(17)13(15-10)12-6-4-3-5-7-12;1-9-7-17-8-11(14)16-12(13(17)15-9)10-5-3-2-4-6-10;/h3-9H,1-2H3;2-8H,14H2,1H3;1H4. The van der Waals surface area contributed by atoms with Crippen molar-refractivity contribution in [1.82, 2.24) is 28.7 Å². The Morgan fingerprint density at radius 1 is 0.543 bits per heavy atom. The molecule has 2 N–H and O–H groups in total. The highest BCUT2D eigenvalue weighted by molar-refractivity contribution is 5.75. The number of benzene rings is 2. The average molecular weight is 464 g/mol. The molecular weight excluding hydrogens is 434 g/mol.